The van der Waals surface area contributed by atoms with E-state index in [2.05, 4.69) is 39.8 Å². The van der Waals surface area contributed by atoms with Crippen molar-refractivity contribution in [3.8, 4) is 0 Å². The molecule has 0 amide bonds. The lowest BCUT2D eigenvalue weighted by Gasteiger charge is -2.35. The van der Waals surface area contributed by atoms with E-state index >= 15 is 0 Å². The maximum absolute atomic E-state index is 2.59. The second kappa shape index (κ2) is 1.96. The van der Waals surface area contributed by atoms with E-state index in [1.165, 1.54) is 12.8 Å². The Morgan fingerprint density at radius 2 is 1.67 bits per heavy atom. The molecule has 0 aromatic carbocycles. The third-order valence-corrected chi connectivity index (χ3v) is 7.13. The zero-order chi connectivity index (χ0) is 10.6. The van der Waals surface area contributed by atoms with Gasteiger partial charge in [-0.2, -0.15) is 0 Å². The first-order valence-corrected chi connectivity index (χ1v) is 6.66. The van der Waals surface area contributed by atoms with Gasteiger partial charge in [-0.05, 0) is 52.8 Å². The fourth-order valence-electron chi connectivity index (χ4n) is 6.87. The Kier molecular flexibility index (Phi) is 1.15. The third kappa shape index (κ3) is 0.549. The van der Waals surface area contributed by atoms with Gasteiger partial charge in [-0.1, -0.05) is 39.8 Å². The van der Waals surface area contributed by atoms with E-state index in [-0.39, 0.29) is 0 Å². The highest BCUT2D eigenvalue weighted by Gasteiger charge is 2.89. The van der Waals surface area contributed by atoms with Crippen LogP contribution in [0, 0.1) is 39.9 Å². The summed E-state index contributed by atoms with van der Waals surface area (Å²) in [6, 6.07) is 0. The van der Waals surface area contributed by atoms with Crippen LogP contribution in [0.3, 0.4) is 0 Å². The summed E-state index contributed by atoms with van der Waals surface area (Å²) in [7, 11) is 0. The van der Waals surface area contributed by atoms with Crippen LogP contribution in [0.4, 0.5) is 0 Å². The Hall–Kier alpha value is -0.260. The van der Waals surface area contributed by atoms with Crippen molar-refractivity contribution in [2.75, 3.05) is 0 Å². The molecule has 0 nitrogen and oxygen atoms in total. The van der Waals surface area contributed by atoms with Crippen LogP contribution in [0.25, 0.3) is 0 Å². The van der Waals surface area contributed by atoms with Crippen LogP contribution in [0.2, 0.25) is 0 Å². The summed E-state index contributed by atoms with van der Waals surface area (Å²) >= 11 is 0. The van der Waals surface area contributed by atoms with Crippen LogP contribution in [0.5, 0.6) is 0 Å². The van der Waals surface area contributed by atoms with Crippen molar-refractivity contribution in [1.82, 2.24) is 0 Å². The van der Waals surface area contributed by atoms with E-state index in [1.54, 1.807) is 0 Å². The Labute approximate surface area is 93.1 Å². The second-order valence-electron chi connectivity index (χ2n) is 7.41. The van der Waals surface area contributed by atoms with Crippen LogP contribution in [-0.4, -0.2) is 0 Å². The summed E-state index contributed by atoms with van der Waals surface area (Å²) in [6.45, 7) is 10.2. The molecule has 3 unspecified atom stereocenters. The summed E-state index contributed by atoms with van der Waals surface area (Å²) in [4.78, 5) is 0. The van der Waals surface area contributed by atoms with Crippen molar-refractivity contribution < 1.29 is 0 Å². The topological polar surface area (TPSA) is 0 Å². The van der Waals surface area contributed by atoms with Crippen LogP contribution in [-0.2, 0) is 0 Å². The van der Waals surface area contributed by atoms with Gasteiger partial charge in [0.25, 0.3) is 0 Å². The Balaban J connectivity index is 1.97. The van der Waals surface area contributed by atoms with Crippen molar-refractivity contribution in [3.63, 3.8) is 0 Å². The lowest BCUT2D eigenvalue weighted by atomic mass is 9.69. The van der Waals surface area contributed by atoms with Crippen molar-refractivity contribution in [2.45, 2.75) is 40.5 Å². The van der Waals surface area contributed by atoms with Gasteiger partial charge in [0.1, 0.15) is 0 Å². The van der Waals surface area contributed by atoms with Gasteiger partial charge in [-0.15, -0.1) is 0 Å². The molecule has 3 fully saturated rings. The van der Waals surface area contributed by atoms with Crippen LogP contribution in [0.15, 0.2) is 12.2 Å². The molecular weight excluding hydrogens is 180 g/mol. The largest absolute Gasteiger partial charge is 0.0840 e. The molecule has 3 saturated carbocycles. The summed E-state index contributed by atoms with van der Waals surface area (Å²) < 4.78 is 0. The summed E-state index contributed by atoms with van der Waals surface area (Å²) in [5, 5.41) is 0. The molecule has 4 aliphatic rings. The van der Waals surface area contributed by atoms with E-state index in [0.717, 1.165) is 29.1 Å². The predicted molar refractivity (Wildman–Crippen MR) is 62.3 cm³/mol. The van der Waals surface area contributed by atoms with Crippen molar-refractivity contribution in [2.24, 2.45) is 39.9 Å². The molecule has 0 bridgehead atoms. The molecule has 0 aromatic heterocycles. The number of hydrogen-bond acceptors (Lipinski definition) is 0. The standard InChI is InChI=1S/C15H22/c1-9-5-6-11-13(2,3)10-7-8-12-14(10,4)15(9,11)12/h7-12H,5-6H2,1-4H3/t9-,10?,11+,12?,14-,15?/m1/s1. The van der Waals surface area contributed by atoms with E-state index in [0.29, 0.717) is 10.8 Å². The average molecular weight is 202 g/mol. The minimum absolute atomic E-state index is 0.572. The van der Waals surface area contributed by atoms with Gasteiger partial charge in [0.05, 0.1) is 0 Å². The Morgan fingerprint density at radius 1 is 1.00 bits per heavy atom. The number of hydrogen-bond donors (Lipinski definition) is 0. The second-order valence-corrected chi connectivity index (χ2v) is 7.41. The van der Waals surface area contributed by atoms with Crippen molar-refractivity contribution in [1.29, 1.82) is 0 Å². The van der Waals surface area contributed by atoms with Gasteiger partial charge in [0.15, 0.2) is 0 Å². The van der Waals surface area contributed by atoms with Crippen LogP contribution < -0.4 is 0 Å². The lowest BCUT2D eigenvalue weighted by Crippen LogP contribution is -2.29. The smallest absolute Gasteiger partial charge is 0.0100 e. The average Bonchev–Trinajstić information content (AvgIpc) is 2.48. The fourth-order valence-corrected chi connectivity index (χ4v) is 6.87. The zero-order valence-electron chi connectivity index (χ0n) is 10.4. The molecule has 6 atom stereocenters. The minimum atomic E-state index is 0.572. The SMILES string of the molecule is C[C@@H]1CC[C@H]2C(C)(C)C3C=CC4C12[C@]34C. The Bertz CT molecular complexity index is 377. The molecule has 0 heteroatoms. The first-order chi connectivity index (χ1) is 6.98. The molecule has 0 saturated heterocycles. The highest BCUT2D eigenvalue weighted by Crippen LogP contribution is 2.93. The van der Waals surface area contributed by atoms with Crippen molar-refractivity contribution >= 4 is 0 Å². The predicted octanol–water partition coefficient (Wildman–Crippen LogP) is 3.88. The summed E-state index contributed by atoms with van der Waals surface area (Å²) in [6.07, 6.45) is 8.12. The highest BCUT2D eigenvalue weighted by molar-refractivity contribution is 5.44. The molecule has 0 aromatic rings. The first-order valence-electron chi connectivity index (χ1n) is 6.66. The van der Waals surface area contributed by atoms with Gasteiger partial charge in [-0.3, -0.25) is 0 Å². The molecule has 4 rings (SSSR count). The first kappa shape index (κ1) is 8.84. The van der Waals surface area contributed by atoms with Gasteiger partial charge in [0.2, 0.25) is 0 Å². The lowest BCUT2D eigenvalue weighted by molar-refractivity contribution is 0.143. The molecule has 0 aliphatic heterocycles. The van der Waals surface area contributed by atoms with Gasteiger partial charge in [0, 0.05) is 0 Å². The zero-order valence-corrected chi connectivity index (χ0v) is 10.4. The molecule has 0 heterocycles. The Morgan fingerprint density at radius 3 is 2.40 bits per heavy atom. The third-order valence-electron chi connectivity index (χ3n) is 7.13. The highest BCUT2D eigenvalue weighted by atomic mass is 14.9. The molecule has 1 spiro atoms. The molecule has 0 N–H and O–H groups in total. The molecule has 0 radical (unpaired) electrons. The maximum atomic E-state index is 2.59. The fraction of sp³-hybridized carbons (Fsp3) is 0.867. The normalized spacial score (nSPS) is 66.9. The summed E-state index contributed by atoms with van der Waals surface area (Å²) in [5.41, 5.74) is 1.97. The van der Waals surface area contributed by atoms with E-state index in [1.807, 2.05) is 0 Å². The molecule has 4 aliphatic carbocycles. The summed E-state index contributed by atoms with van der Waals surface area (Å²) in [5.74, 6) is 3.81. The monoisotopic (exact) mass is 202 g/mol. The number of allylic oxidation sites excluding steroid dienone is 2. The van der Waals surface area contributed by atoms with Gasteiger partial charge in [-0.25, -0.2) is 0 Å². The molecule has 15 heavy (non-hydrogen) atoms. The molecule has 82 valence electrons. The number of rotatable bonds is 0. The quantitative estimate of drug-likeness (QED) is 0.523. The van der Waals surface area contributed by atoms with Crippen LogP contribution in [0.1, 0.15) is 40.5 Å². The van der Waals surface area contributed by atoms with Gasteiger partial charge >= 0.3 is 0 Å². The van der Waals surface area contributed by atoms with Gasteiger partial charge < -0.3 is 0 Å². The van der Waals surface area contributed by atoms with E-state index < -0.39 is 0 Å². The van der Waals surface area contributed by atoms with Crippen molar-refractivity contribution in [3.05, 3.63) is 12.2 Å². The minimum Gasteiger partial charge on any atom is -0.0840 e. The molecular formula is C15H22. The maximum Gasteiger partial charge on any atom is -0.0100 e. The van der Waals surface area contributed by atoms with E-state index in [9.17, 15) is 0 Å². The van der Waals surface area contributed by atoms with Crippen LogP contribution >= 0.6 is 0 Å². The van der Waals surface area contributed by atoms with E-state index in [4.69, 9.17) is 0 Å².